The van der Waals surface area contributed by atoms with E-state index < -0.39 is 0 Å². The molecule has 0 aliphatic carbocycles. The molecule has 0 amide bonds. The molecule has 2 rings (SSSR count). The Morgan fingerprint density at radius 2 is 1.93 bits per heavy atom. The Morgan fingerprint density at radius 3 is 2.53 bits per heavy atom. The van der Waals surface area contributed by atoms with Gasteiger partial charge < -0.3 is 9.80 Å². The molecular weight excluding hydrogens is 186 g/mol. The summed E-state index contributed by atoms with van der Waals surface area (Å²) in [6.07, 6.45) is 3.84. The molecule has 0 spiro atoms. The number of nitrogens with one attached hydrogen (secondary N) is 2. The number of quaternary nitrogens is 2. The third-order valence-electron chi connectivity index (χ3n) is 3.34. The Morgan fingerprint density at radius 1 is 1.20 bits per heavy atom. The molecule has 1 saturated heterocycles. The monoisotopic (exact) mass is 207 g/mol. The van der Waals surface area contributed by atoms with Crippen LogP contribution in [0, 0.1) is 0 Å². The van der Waals surface area contributed by atoms with Crippen LogP contribution in [0.15, 0.2) is 24.5 Å². The van der Waals surface area contributed by atoms with Crippen LogP contribution in [0.3, 0.4) is 0 Å². The second-order valence-electron chi connectivity index (χ2n) is 4.39. The summed E-state index contributed by atoms with van der Waals surface area (Å²) < 4.78 is 0. The number of piperazine rings is 1. The van der Waals surface area contributed by atoms with Gasteiger partial charge in [-0.2, -0.15) is 0 Å². The van der Waals surface area contributed by atoms with Crippen molar-refractivity contribution >= 4 is 0 Å². The molecule has 1 aromatic heterocycles. The molecule has 1 aromatic rings. The van der Waals surface area contributed by atoms with Crippen molar-refractivity contribution in [1.29, 1.82) is 0 Å². The van der Waals surface area contributed by atoms with Gasteiger partial charge in [-0.3, -0.25) is 4.98 Å². The van der Waals surface area contributed by atoms with Gasteiger partial charge in [0, 0.05) is 18.0 Å². The highest BCUT2D eigenvalue weighted by Crippen LogP contribution is 1.91. The number of nitrogens with zero attached hydrogens (tertiary/aromatic N) is 1. The topological polar surface area (TPSA) is 21.8 Å². The normalized spacial score (nSPS) is 26.5. The van der Waals surface area contributed by atoms with Crippen molar-refractivity contribution in [3.8, 4) is 0 Å². The maximum atomic E-state index is 4.16. The van der Waals surface area contributed by atoms with Crippen LogP contribution >= 0.6 is 0 Å². The molecular formula is C12H21N3+2. The molecule has 0 atom stereocenters. The lowest BCUT2D eigenvalue weighted by Gasteiger charge is -2.28. The SMILES string of the molecule is CC[NH+]1CC[NH+](Cc2cccnc2)CC1. The van der Waals surface area contributed by atoms with Crippen LogP contribution in [-0.4, -0.2) is 37.7 Å². The summed E-state index contributed by atoms with van der Waals surface area (Å²) >= 11 is 0. The molecule has 2 N–H and O–H groups in total. The van der Waals surface area contributed by atoms with E-state index in [-0.39, 0.29) is 0 Å². The van der Waals surface area contributed by atoms with Crippen molar-refractivity contribution in [2.75, 3.05) is 32.7 Å². The fourth-order valence-corrected chi connectivity index (χ4v) is 2.28. The summed E-state index contributed by atoms with van der Waals surface area (Å²) in [5, 5.41) is 0. The third-order valence-corrected chi connectivity index (χ3v) is 3.34. The van der Waals surface area contributed by atoms with E-state index in [2.05, 4.69) is 18.0 Å². The van der Waals surface area contributed by atoms with Gasteiger partial charge in [-0.1, -0.05) is 6.07 Å². The van der Waals surface area contributed by atoms with E-state index in [1.807, 2.05) is 18.5 Å². The van der Waals surface area contributed by atoms with Crippen molar-refractivity contribution < 1.29 is 9.80 Å². The van der Waals surface area contributed by atoms with E-state index >= 15 is 0 Å². The standard InChI is InChI=1S/C12H19N3/c1-2-14-6-8-15(9-7-14)11-12-4-3-5-13-10-12/h3-5,10H,2,6-9,11H2,1H3/p+2. The van der Waals surface area contributed by atoms with Crippen LogP contribution in [-0.2, 0) is 6.54 Å². The van der Waals surface area contributed by atoms with Crippen LogP contribution in [0.25, 0.3) is 0 Å². The minimum Gasteiger partial charge on any atom is -0.326 e. The summed E-state index contributed by atoms with van der Waals surface area (Å²) in [5.74, 6) is 0. The van der Waals surface area contributed by atoms with Gasteiger partial charge in [-0.25, -0.2) is 0 Å². The zero-order valence-corrected chi connectivity index (χ0v) is 9.50. The van der Waals surface area contributed by atoms with Gasteiger partial charge in [0.2, 0.25) is 0 Å². The Hall–Kier alpha value is -0.930. The maximum absolute atomic E-state index is 4.16. The Balaban J connectivity index is 1.82. The summed E-state index contributed by atoms with van der Waals surface area (Å²) in [7, 11) is 0. The summed E-state index contributed by atoms with van der Waals surface area (Å²) in [5.41, 5.74) is 1.37. The molecule has 3 nitrogen and oxygen atoms in total. The highest BCUT2D eigenvalue weighted by Gasteiger charge is 2.21. The smallest absolute Gasteiger partial charge is 0.127 e. The average Bonchev–Trinajstić information content (AvgIpc) is 2.31. The Kier molecular flexibility index (Phi) is 3.69. The largest absolute Gasteiger partial charge is 0.326 e. The molecule has 3 heteroatoms. The molecule has 1 aliphatic heterocycles. The summed E-state index contributed by atoms with van der Waals surface area (Å²) in [4.78, 5) is 7.63. The lowest BCUT2D eigenvalue weighted by Crippen LogP contribution is -3.27. The van der Waals surface area contributed by atoms with Crippen molar-refractivity contribution in [2.24, 2.45) is 0 Å². The first-order valence-electron chi connectivity index (χ1n) is 5.94. The van der Waals surface area contributed by atoms with Gasteiger partial charge in [-0.15, -0.1) is 0 Å². The van der Waals surface area contributed by atoms with Gasteiger partial charge in [0.15, 0.2) is 0 Å². The third kappa shape index (κ3) is 3.01. The first kappa shape index (κ1) is 10.6. The average molecular weight is 207 g/mol. The van der Waals surface area contributed by atoms with E-state index in [9.17, 15) is 0 Å². The predicted octanol–water partition coefficient (Wildman–Crippen LogP) is -1.62. The van der Waals surface area contributed by atoms with Gasteiger partial charge in [-0.05, 0) is 13.0 Å². The van der Waals surface area contributed by atoms with Gasteiger partial charge in [0.25, 0.3) is 0 Å². The molecule has 15 heavy (non-hydrogen) atoms. The van der Waals surface area contributed by atoms with Crippen LogP contribution in [0.5, 0.6) is 0 Å². The molecule has 0 saturated carbocycles. The zero-order valence-electron chi connectivity index (χ0n) is 9.50. The van der Waals surface area contributed by atoms with Crippen molar-refractivity contribution in [2.45, 2.75) is 13.5 Å². The minimum absolute atomic E-state index is 1.14. The fraction of sp³-hybridized carbons (Fsp3) is 0.583. The number of hydrogen-bond acceptors (Lipinski definition) is 1. The minimum atomic E-state index is 1.14. The Bertz CT molecular complexity index is 278. The van der Waals surface area contributed by atoms with Crippen LogP contribution in [0.2, 0.25) is 0 Å². The van der Waals surface area contributed by atoms with Gasteiger partial charge >= 0.3 is 0 Å². The van der Waals surface area contributed by atoms with E-state index in [1.54, 1.807) is 9.80 Å². The maximum Gasteiger partial charge on any atom is 0.127 e. The van der Waals surface area contributed by atoms with Crippen LogP contribution in [0.1, 0.15) is 12.5 Å². The molecule has 82 valence electrons. The molecule has 0 radical (unpaired) electrons. The number of likely N-dealkylation sites (N-methyl/N-ethyl adjacent to an activating group) is 1. The quantitative estimate of drug-likeness (QED) is 0.611. The second-order valence-corrected chi connectivity index (χ2v) is 4.39. The van der Waals surface area contributed by atoms with Crippen LogP contribution < -0.4 is 9.80 Å². The highest BCUT2D eigenvalue weighted by atomic mass is 15.3. The number of rotatable bonds is 3. The number of pyridine rings is 1. The molecule has 0 unspecified atom stereocenters. The summed E-state index contributed by atoms with van der Waals surface area (Å²) in [6.45, 7) is 9.96. The van der Waals surface area contributed by atoms with Crippen molar-refractivity contribution in [3.63, 3.8) is 0 Å². The van der Waals surface area contributed by atoms with E-state index in [0.29, 0.717) is 0 Å². The first-order valence-corrected chi connectivity index (χ1v) is 5.94. The lowest BCUT2D eigenvalue weighted by atomic mass is 10.2. The van der Waals surface area contributed by atoms with Crippen molar-refractivity contribution in [1.82, 2.24) is 4.98 Å². The number of aromatic nitrogens is 1. The molecule has 2 heterocycles. The zero-order chi connectivity index (χ0) is 10.5. The second kappa shape index (κ2) is 5.24. The van der Waals surface area contributed by atoms with E-state index in [1.165, 1.54) is 38.3 Å². The fourth-order valence-electron chi connectivity index (χ4n) is 2.28. The lowest BCUT2D eigenvalue weighted by molar-refractivity contribution is -1.02. The van der Waals surface area contributed by atoms with Gasteiger partial charge in [0.05, 0.1) is 6.54 Å². The van der Waals surface area contributed by atoms with E-state index in [4.69, 9.17) is 0 Å². The molecule has 1 aliphatic rings. The molecule has 0 aromatic carbocycles. The molecule has 1 fully saturated rings. The van der Waals surface area contributed by atoms with Gasteiger partial charge in [0.1, 0.15) is 32.7 Å². The van der Waals surface area contributed by atoms with Crippen molar-refractivity contribution in [3.05, 3.63) is 30.1 Å². The summed E-state index contributed by atoms with van der Waals surface area (Å²) in [6, 6.07) is 4.21. The number of hydrogen-bond donors (Lipinski definition) is 2. The highest BCUT2D eigenvalue weighted by molar-refractivity contribution is 5.06. The van der Waals surface area contributed by atoms with Crippen LogP contribution in [0.4, 0.5) is 0 Å². The predicted molar refractivity (Wildman–Crippen MR) is 59.9 cm³/mol. The first-order chi connectivity index (χ1) is 7.38. The van der Waals surface area contributed by atoms with E-state index in [0.717, 1.165) is 6.54 Å². The molecule has 0 bridgehead atoms. The Labute approximate surface area is 91.7 Å².